The SMILES string of the molecule is CCN(C(=O)CN1CCC(n2c(=O)[nH]c3ccccc32)CC1)c1ccccc1C. The molecule has 0 saturated carbocycles. The predicted octanol–water partition coefficient (Wildman–Crippen LogP) is 3.33. The number of anilines is 1. The van der Waals surface area contributed by atoms with E-state index in [1.54, 1.807) is 0 Å². The Morgan fingerprint density at radius 2 is 1.79 bits per heavy atom. The van der Waals surface area contributed by atoms with E-state index in [0.717, 1.165) is 48.2 Å². The topological polar surface area (TPSA) is 61.3 Å². The van der Waals surface area contributed by atoms with Gasteiger partial charge in [-0.2, -0.15) is 0 Å². The van der Waals surface area contributed by atoms with E-state index in [1.807, 2.05) is 71.8 Å². The first-order valence-electron chi connectivity index (χ1n) is 10.4. The Balaban J connectivity index is 1.42. The van der Waals surface area contributed by atoms with Crippen molar-refractivity contribution in [1.29, 1.82) is 0 Å². The molecule has 2 heterocycles. The summed E-state index contributed by atoms with van der Waals surface area (Å²) in [7, 11) is 0. The highest BCUT2D eigenvalue weighted by Crippen LogP contribution is 2.25. The molecule has 0 unspecified atom stereocenters. The number of fused-ring (bicyclic) bond motifs is 1. The molecule has 152 valence electrons. The van der Waals surface area contributed by atoms with Crippen LogP contribution in [0, 0.1) is 6.92 Å². The summed E-state index contributed by atoms with van der Waals surface area (Å²) in [5.41, 5.74) is 3.90. The third kappa shape index (κ3) is 3.85. The summed E-state index contributed by atoms with van der Waals surface area (Å²) in [6.07, 6.45) is 1.73. The van der Waals surface area contributed by atoms with Gasteiger partial charge in [0.1, 0.15) is 0 Å². The van der Waals surface area contributed by atoms with Crippen LogP contribution in [-0.2, 0) is 4.79 Å². The molecule has 6 heteroatoms. The maximum absolute atomic E-state index is 13.0. The van der Waals surface area contributed by atoms with Crippen LogP contribution in [0.2, 0.25) is 0 Å². The second-order valence-corrected chi connectivity index (χ2v) is 7.75. The number of rotatable bonds is 5. The van der Waals surface area contributed by atoms with Crippen LogP contribution in [0.15, 0.2) is 53.3 Å². The standard InChI is InChI=1S/C23H28N4O2/c1-3-26(20-10-6-4-8-17(20)2)22(28)16-25-14-12-18(13-15-25)27-21-11-7-5-9-19(21)24-23(27)29/h4-11,18H,3,12-16H2,1-2H3,(H,24,29). The number of H-pyrrole nitrogens is 1. The molecule has 6 nitrogen and oxygen atoms in total. The summed E-state index contributed by atoms with van der Waals surface area (Å²) >= 11 is 0. The zero-order valence-electron chi connectivity index (χ0n) is 17.1. The van der Waals surface area contributed by atoms with Crippen molar-refractivity contribution < 1.29 is 4.79 Å². The lowest BCUT2D eigenvalue weighted by molar-refractivity contribution is -0.120. The maximum Gasteiger partial charge on any atom is 0.326 e. The maximum atomic E-state index is 13.0. The average molecular weight is 393 g/mol. The van der Waals surface area contributed by atoms with E-state index in [0.29, 0.717) is 13.1 Å². The first-order valence-corrected chi connectivity index (χ1v) is 10.4. The molecule has 1 amide bonds. The molecule has 1 aromatic heterocycles. The van der Waals surface area contributed by atoms with Crippen LogP contribution in [0.4, 0.5) is 5.69 Å². The van der Waals surface area contributed by atoms with Gasteiger partial charge in [-0.15, -0.1) is 0 Å². The Morgan fingerprint density at radius 1 is 1.10 bits per heavy atom. The number of benzene rings is 2. The summed E-state index contributed by atoms with van der Waals surface area (Å²) < 4.78 is 1.89. The molecule has 1 saturated heterocycles. The molecule has 0 aliphatic carbocycles. The van der Waals surface area contributed by atoms with E-state index in [2.05, 4.69) is 9.88 Å². The number of nitrogens with one attached hydrogen (secondary N) is 1. The average Bonchev–Trinajstić information content (AvgIpc) is 3.06. The molecule has 2 aromatic carbocycles. The zero-order valence-corrected chi connectivity index (χ0v) is 17.1. The van der Waals surface area contributed by atoms with Gasteiger partial charge in [0, 0.05) is 31.4 Å². The number of carbonyl (C=O) groups excluding carboxylic acids is 1. The van der Waals surface area contributed by atoms with Crippen LogP contribution >= 0.6 is 0 Å². The molecule has 0 atom stereocenters. The molecule has 3 aromatic rings. The van der Waals surface area contributed by atoms with Gasteiger partial charge in [0.15, 0.2) is 0 Å². The number of likely N-dealkylation sites (tertiary alicyclic amines) is 1. The Hall–Kier alpha value is -2.86. The number of aromatic nitrogens is 2. The molecule has 0 spiro atoms. The number of para-hydroxylation sites is 3. The number of aromatic amines is 1. The monoisotopic (exact) mass is 392 g/mol. The van der Waals surface area contributed by atoms with Crippen LogP contribution in [0.5, 0.6) is 0 Å². The van der Waals surface area contributed by atoms with Gasteiger partial charge in [0.05, 0.1) is 17.6 Å². The van der Waals surface area contributed by atoms with Crippen molar-refractivity contribution in [2.24, 2.45) is 0 Å². The minimum Gasteiger partial charge on any atom is -0.311 e. The van der Waals surface area contributed by atoms with Gasteiger partial charge < -0.3 is 9.88 Å². The van der Waals surface area contributed by atoms with Crippen molar-refractivity contribution in [2.45, 2.75) is 32.7 Å². The number of carbonyl (C=O) groups is 1. The van der Waals surface area contributed by atoms with Crippen molar-refractivity contribution in [3.8, 4) is 0 Å². The van der Waals surface area contributed by atoms with E-state index in [4.69, 9.17) is 0 Å². The van der Waals surface area contributed by atoms with E-state index in [-0.39, 0.29) is 17.6 Å². The summed E-state index contributed by atoms with van der Waals surface area (Å²) in [4.78, 5) is 32.4. The van der Waals surface area contributed by atoms with E-state index >= 15 is 0 Å². The molecule has 4 rings (SSSR count). The summed E-state index contributed by atoms with van der Waals surface area (Å²) in [6, 6.07) is 16.0. The van der Waals surface area contributed by atoms with Crippen molar-refractivity contribution >= 4 is 22.6 Å². The van der Waals surface area contributed by atoms with E-state index in [9.17, 15) is 9.59 Å². The lowest BCUT2D eigenvalue weighted by Crippen LogP contribution is -2.44. The Kier molecular flexibility index (Phi) is 5.53. The Labute approximate surface area is 170 Å². The second-order valence-electron chi connectivity index (χ2n) is 7.75. The fourth-order valence-electron chi connectivity index (χ4n) is 4.40. The number of hydrogen-bond acceptors (Lipinski definition) is 3. The molecular formula is C23H28N4O2. The van der Waals surface area contributed by atoms with Crippen LogP contribution in [0.3, 0.4) is 0 Å². The quantitative estimate of drug-likeness (QED) is 0.725. The van der Waals surface area contributed by atoms with Gasteiger partial charge in [0.25, 0.3) is 0 Å². The molecule has 1 fully saturated rings. The predicted molar refractivity (Wildman–Crippen MR) is 116 cm³/mol. The smallest absolute Gasteiger partial charge is 0.311 e. The largest absolute Gasteiger partial charge is 0.326 e. The number of piperidine rings is 1. The van der Waals surface area contributed by atoms with Crippen LogP contribution < -0.4 is 10.6 Å². The molecule has 0 bridgehead atoms. The number of nitrogens with zero attached hydrogens (tertiary/aromatic N) is 3. The van der Waals surface area contributed by atoms with E-state index in [1.165, 1.54) is 0 Å². The minimum atomic E-state index is -0.0440. The molecule has 1 aliphatic heterocycles. The highest BCUT2D eigenvalue weighted by atomic mass is 16.2. The number of amides is 1. The van der Waals surface area contributed by atoms with Gasteiger partial charge in [0.2, 0.25) is 5.91 Å². The normalized spacial score (nSPS) is 15.7. The third-order valence-electron chi connectivity index (χ3n) is 5.93. The highest BCUT2D eigenvalue weighted by Gasteiger charge is 2.26. The van der Waals surface area contributed by atoms with E-state index < -0.39 is 0 Å². The molecule has 0 radical (unpaired) electrons. The van der Waals surface area contributed by atoms with Gasteiger partial charge >= 0.3 is 5.69 Å². The molecule has 29 heavy (non-hydrogen) atoms. The first kappa shape index (κ1) is 19.5. The lowest BCUT2D eigenvalue weighted by atomic mass is 10.0. The summed E-state index contributed by atoms with van der Waals surface area (Å²) in [6.45, 7) is 6.75. The van der Waals surface area contributed by atoms with Crippen molar-refractivity contribution in [2.75, 3.05) is 31.1 Å². The minimum absolute atomic E-state index is 0.0440. The molecular weight excluding hydrogens is 364 g/mol. The number of imidazole rings is 1. The van der Waals surface area contributed by atoms with Crippen LogP contribution in [-0.4, -0.2) is 46.5 Å². The molecule has 1 N–H and O–H groups in total. The first-order chi connectivity index (χ1) is 14.1. The number of hydrogen-bond donors (Lipinski definition) is 1. The van der Waals surface area contributed by atoms with Crippen molar-refractivity contribution in [3.05, 3.63) is 64.6 Å². The van der Waals surface area contributed by atoms with Crippen LogP contribution in [0.1, 0.15) is 31.4 Å². The lowest BCUT2D eigenvalue weighted by Gasteiger charge is -2.33. The molecule has 1 aliphatic rings. The fourth-order valence-corrected chi connectivity index (χ4v) is 4.40. The second kappa shape index (κ2) is 8.25. The summed E-state index contributed by atoms with van der Waals surface area (Å²) in [5, 5.41) is 0. The number of likely N-dealkylation sites (N-methyl/N-ethyl adjacent to an activating group) is 1. The Bertz CT molecular complexity index is 1060. The zero-order chi connectivity index (χ0) is 20.4. The Morgan fingerprint density at radius 3 is 2.52 bits per heavy atom. The van der Waals surface area contributed by atoms with Crippen LogP contribution in [0.25, 0.3) is 11.0 Å². The van der Waals surface area contributed by atoms with Gasteiger partial charge in [-0.3, -0.25) is 14.3 Å². The van der Waals surface area contributed by atoms with Gasteiger partial charge in [-0.1, -0.05) is 30.3 Å². The number of aryl methyl sites for hydroxylation is 1. The van der Waals surface area contributed by atoms with Gasteiger partial charge in [-0.05, 0) is 50.5 Å². The van der Waals surface area contributed by atoms with Crippen molar-refractivity contribution in [3.63, 3.8) is 0 Å². The highest BCUT2D eigenvalue weighted by molar-refractivity contribution is 5.95. The van der Waals surface area contributed by atoms with Crippen molar-refractivity contribution in [1.82, 2.24) is 14.5 Å². The summed E-state index contributed by atoms with van der Waals surface area (Å²) in [5.74, 6) is 0.129. The van der Waals surface area contributed by atoms with Gasteiger partial charge in [-0.25, -0.2) is 4.79 Å². The fraction of sp³-hybridized carbons (Fsp3) is 0.391. The third-order valence-corrected chi connectivity index (χ3v) is 5.93.